The number of nitriles is 1. The molecular formula is C19H27N5O. The minimum absolute atomic E-state index is 0.118. The molecule has 0 unspecified atom stereocenters. The van der Waals surface area contributed by atoms with E-state index in [9.17, 15) is 0 Å². The van der Waals surface area contributed by atoms with Crippen molar-refractivity contribution in [2.24, 2.45) is 20.0 Å². The second kappa shape index (κ2) is 7.03. The van der Waals surface area contributed by atoms with Crippen LogP contribution >= 0.6 is 0 Å². The molecule has 1 aliphatic rings. The molecule has 2 atom stereocenters. The van der Waals surface area contributed by atoms with E-state index in [1.165, 1.54) is 16.8 Å². The Hall–Kier alpha value is -2.10. The highest BCUT2D eigenvalue weighted by Gasteiger charge is 2.33. The molecule has 0 aromatic carbocycles. The number of ether oxygens (including phenoxy) is 1. The summed E-state index contributed by atoms with van der Waals surface area (Å²) >= 11 is 0. The maximum atomic E-state index is 9.15. The lowest BCUT2D eigenvalue weighted by Crippen LogP contribution is -2.25. The molecule has 2 aromatic rings. The van der Waals surface area contributed by atoms with Gasteiger partial charge in [0.2, 0.25) is 0 Å². The fraction of sp³-hybridized carbons (Fsp3) is 0.579. The SMILES string of the molecule is Cc1nn(C)c(C)c1[C@H]1OCC[C@@H]1CNCc1cc(C#N)n(C)c1C. The molecule has 3 heterocycles. The molecule has 1 N–H and O–H groups in total. The number of nitrogens with zero attached hydrogens (tertiary/aromatic N) is 4. The van der Waals surface area contributed by atoms with Crippen molar-refractivity contribution in [1.82, 2.24) is 19.7 Å². The summed E-state index contributed by atoms with van der Waals surface area (Å²) in [4.78, 5) is 0. The largest absolute Gasteiger partial charge is 0.373 e. The molecule has 2 aromatic heterocycles. The molecule has 3 rings (SSSR count). The number of hydrogen-bond donors (Lipinski definition) is 1. The van der Waals surface area contributed by atoms with E-state index in [4.69, 9.17) is 10.00 Å². The minimum atomic E-state index is 0.118. The van der Waals surface area contributed by atoms with Gasteiger partial charge in [-0.15, -0.1) is 0 Å². The molecule has 0 spiro atoms. The zero-order valence-electron chi connectivity index (χ0n) is 15.8. The lowest BCUT2D eigenvalue weighted by molar-refractivity contribution is 0.0893. The quantitative estimate of drug-likeness (QED) is 0.907. The van der Waals surface area contributed by atoms with Crippen molar-refractivity contribution in [3.63, 3.8) is 0 Å². The first-order valence-electron chi connectivity index (χ1n) is 8.81. The molecule has 134 valence electrons. The fourth-order valence-corrected chi connectivity index (χ4v) is 3.80. The molecule has 1 fully saturated rings. The van der Waals surface area contributed by atoms with E-state index in [2.05, 4.69) is 37.3 Å². The van der Waals surface area contributed by atoms with E-state index in [0.29, 0.717) is 11.6 Å². The molecule has 0 aliphatic carbocycles. The van der Waals surface area contributed by atoms with Crippen LogP contribution in [0.4, 0.5) is 0 Å². The average Bonchev–Trinajstić information content (AvgIpc) is 3.21. The van der Waals surface area contributed by atoms with Gasteiger partial charge in [-0.2, -0.15) is 10.4 Å². The first kappa shape index (κ1) is 17.7. The Morgan fingerprint density at radius 1 is 1.32 bits per heavy atom. The summed E-state index contributed by atoms with van der Waals surface area (Å²) in [5, 5.41) is 17.3. The molecule has 0 amide bonds. The topological polar surface area (TPSA) is 67.8 Å². The molecule has 25 heavy (non-hydrogen) atoms. The van der Waals surface area contributed by atoms with Crippen molar-refractivity contribution in [3.05, 3.63) is 40.0 Å². The third-order valence-corrected chi connectivity index (χ3v) is 5.54. The van der Waals surface area contributed by atoms with Crippen LogP contribution in [0.15, 0.2) is 6.07 Å². The van der Waals surface area contributed by atoms with Crippen LogP contribution in [0.1, 0.15) is 46.4 Å². The standard InChI is InChI=1S/C19H27N5O/c1-12-18(14(3)24(5)22-12)19-15(6-7-25-19)10-21-11-16-8-17(9-20)23(4)13(16)2/h8,15,19,21H,6-7,10-11H2,1-5H3/t15-,19+/m1/s1. The second-order valence-electron chi connectivity index (χ2n) is 6.99. The average molecular weight is 341 g/mol. The summed E-state index contributed by atoms with van der Waals surface area (Å²) in [7, 11) is 3.92. The van der Waals surface area contributed by atoms with Crippen LogP contribution in [-0.2, 0) is 25.4 Å². The Bertz CT molecular complexity index is 811. The predicted octanol–water partition coefficient (Wildman–Crippen LogP) is 2.42. The van der Waals surface area contributed by atoms with Crippen molar-refractivity contribution in [1.29, 1.82) is 5.26 Å². The molecule has 1 aliphatic heterocycles. The van der Waals surface area contributed by atoms with Gasteiger partial charge in [0.1, 0.15) is 11.8 Å². The van der Waals surface area contributed by atoms with Crippen LogP contribution < -0.4 is 5.32 Å². The van der Waals surface area contributed by atoms with Crippen molar-refractivity contribution in [2.45, 2.75) is 39.8 Å². The summed E-state index contributed by atoms with van der Waals surface area (Å²) < 4.78 is 9.94. The van der Waals surface area contributed by atoms with Gasteiger partial charge < -0.3 is 14.6 Å². The van der Waals surface area contributed by atoms with E-state index in [1.807, 2.05) is 29.4 Å². The van der Waals surface area contributed by atoms with Crippen molar-refractivity contribution in [2.75, 3.05) is 13.2 Å². The molecular weight excluding hydrogens is 314 g/mol. The van der Waals surface area contributed by atoms with Gasteiger partial charge in [0, 0.05) is 56.7 Å². The van der Waals surface area contributed by atoms with Gasteiger partial charge >= 0.3 is 0 Å². The number of aromatic nitrogens is 3. The summed E-state index contributed by atoms with van der Waals surface area (Å²) in [5.41, 5.74) is 6.53. The second-order valence-corrected chi connectivity index (χ2v) is 6.99. The van der Waals surface area contributed by atoms with Gasteiger partial charge in [-0.1, -0.05) is 0 Å². The monoisotopic (exact) mass is 341 g/mol. The lowest BCUT2D eigenvalue weighted by Gasteiger charge is -2.20. The maximum Gasteiger partial charge on any atom is 0.120 e. The lowest BCUT2D eigenvalue weighted by atomic mass is 9.94. The highest BCUT2D eigenvalue weighted by molar-refractivity contribution is 5.34. The summed E-state index contributed by atoms with van der Waals surface area (Å²) in [6.07, 6.45) is 1.18. The third kappa shape index (κ3) is 3.22. The smallest absolute Gasteiger partial charge is 0.120 e. The van der Waals surface area contributed by atoms with E-state index in [1.54, 1.807) is 0 Å². The molecule has 6 heteroatoms. The van der Waals surface area contributed by atoms with Crippen molar-refractivity contribution in [3.8, 4) is 6.07 Å². The number of hydrogen-bond acceptors (Lipinski definition) is 4. The van der Waals surface area contributed by atoms with Crippen LogP contribution in [0.5, 0.6) is 0 Å². The minimum Gasteiger partial charge on any atom is -0.373 e. The van der Waals surface area contributed by atoms with Gasteiger partial charge in [-0.05, 0) is 38.8 Å². The van der Waals surface area contributed by atoms with Crippen LogP contribution in [-0.4, -0.2) is 27.5 Å². The molecule has 0 radical (unpaired) electrons. The van der Waals surface area contributed by atoms with Gasteiger partial charge in [-0.3, -0.25) is 4.68 Å². The number of aryl methyl sites for hydroxylation is 2. The number of rotatable bonds is 5. The van der Waals surface area contributed by atoms with Gasteiger partial charge in [-0.25, -0.2) is 0 Å². The zero-order chi connectivity index (χ0) is 18.1. The van der Waals surface area contributed by atoms with Gasteiger partial charge in [0.05, 0.1) is 11.8 Å². The first-order chi connectivity index (χ1) is 11.9. The first-order valence-corrected chi connectivity index (χ1v) is 8.81. The highest BCUT2D eigenvalue weighted by atomic mass is 16.5. The predicted molar refractivity (Wildman–Crippen MR) is 96.1 cm³/mol. The van der Waals surface area contributed by atoms with Gasteiger partial charge in [0.25, 0.3) is 0 Å². The molecule has 1 saturated heterocycles. The fourth-order valence-electron chi connectivity index (χ4n) is 3.80. The zero-order valence-corrected chi connectivity index (χ0v) is 15.8. The Balaban J connectivity index is 1.66. The Kier molecular flexibility index (Phi) is 4.98. The third-order valence-electron chi connectivity index (χ3n) is 5.54. The van der Waals surface area contributed by atoms with Crippen LogP contribution in [0, 0.1) is 38.0 Å². The van der Waals surface area contributed by atoms with Crippen molar-refractivity contribution >= 4 is 0 Å². The summed E-state index contributed by atoms with van der Waals surface area (Å²) in [6.45, 7) is 8.70. The summed E-state index contributed by atoms with van der Waals surface area (Å²) in [5.74, 6) is 0.445. The molecule has 6 nitrogen and oxygen atoms in total. The Morgan fingerprint density at radius 2 is 2.08 bits per heavy atom. The van der Waals surface area contributed by atoms with E-state index < -0.39 is 0 Å². The van der Waals surface area contributed by atoms with Gasteiger partial charge in [0.15, 0.2) is 0 Å². The normalized spacial score (nSPS) is 20.2. The Labute approximate surface area is 149 Å². The van der Waals surface area contributed by atoms with Crippen LogP contribution in [0.2, 0.25) is 0 Å². The summed E-state index contributed by atoms with van der Waals surface area (Å²) in [6, 6.07) is 4.21. The van der Waals surface area contributed by atoms with Crippen molar-refractivity contribution < 1.29 is 4.74 Å². The number of nitrogens with one attached hydrogen (secondary N) is 1. The highest BCUT2D eigenvalue weighted by Crippen LogP contribution is 2.37. The maximum absolute atomic E-state index is 9.15. The van der Waals surface area contributed by atoms with Crippen LogP contribution in [0.25, 0.3) is 0 Å². The van der Waals surface area contributed by atoms with E-state index in [-0.39, 0.29) is 6.10 Å². The molecule has 0 bridgehead atoms. The van der Waals surface area contributed by atoms with Crippen LogP contribution in [0.3, 0.4) is 0 Å². The Morgan fingerprint density at radius 3 is 2.68 bits per heavy atom. The van der Waals surface area contributed by atoms with E-state index in [0.717, 1.165) is 37.5 Å². The van der Waals surface area contributed by atoms with E-state index >= 15 is 0 Å². The molecule has 0 saturated carbocycles.